The molecule has 5 heteroatoms. The average molecular weight is 457 g/mol. The van der Waals surface area contributed by atoms with Crippen molar-refractivity contribution in [1.29, 1.82) is 0 Å². The van der Waals surface area contributed by atoms with Gasteiger partial charge in [-0.15, -0.1) is 0 Å². The number of fused-ring (bicyclic) bond motifs is 1. The lowest BCUT2D eigenvalue weighted by Crippen LogP contribution is -2.35. The van der Waals surface area contributed by atoms with Crippen molar-refractivity contribution in [3.05, 3.63) is 83.4 Å². The Balaban J connectivity index is 1.30. The number of hydrogen-bond acceptors (Lipinski definition) is 5. The van der Waals surface area contributed by atoms with Gasteiger partial charge in [-0.25, -0.2) is 4.79 Å². The van der Waals surface area contributed by atoms with E-state index in [1.165, 1.54) is 43.9 Å². The lowest BCUT2D eigenvalue weighted by atomic mass is 10.1. The summed E-state index contributed by atoms with van der Waals surface area (Å²) in [4.78, 5) is 14.4. The first kappa shape index (κ1) is 22.6. The zero-order valence-corrected chi connectivity index (χ0v) is 19.7. The molecular formula is C29H32N2O3. The number of methoxy groups -OCH3 is 1. The summed E-state index contributed by atoms with van der Waals surface area (Å²) in [6.07, 6.45) is 6.07. The number of carbonyl (C=O) groups is 1. The fourth-order valence-corrected chi connectivity index (χ4v) is 4.71. The number of likely N-dealkylation sites (tertiary alicyclic amines) is 1. The van der Waals surface area contributed by atoms with E-state index in [-0.39, 0.29) is 5.97 Å². The van der Waals surface area contributed by atoms with Crippen LogP contribution < -0.4 is 10.1 Å². The van der Waals surface area contributed by atoms with Gasteiger partial charge < -0.3 is 14.8 Å². The van der Waals surface area contributed by atoms with Crippen molar-refractivity contribution in [3.63, 3.8) is 0 Å². The summed E-state index contributed by atoms with van der Waals surface area (Å²) in [5.41, 5.74) is 2.76. The molecule has 1 saturated carbocycles. The van der Waals surface area contributed by atoms with Crippen LogP contribution in [0.1, 0.15) is 35.2 Å². The SMILES string of the molecule is COC(=O)c1ccc(C=C(CNC2CCN(C3CC3)C2)COc2cccc3ccccc23)cc1. The van der Waals surface area contributed by atoms with Gasteiger partial charge >= 0.3 is 5.97 Å². The molecular weight excluding hydrogens is 424 g/mol. The highest BCUT2D eigenvalue weighted by Gasteiger charge is 2.34. The molecule has 0 amide bonds. The standard InChI is InChI=1S/C29H32N2O3/c1-33-29(32)24-11-9-21(10-12-24)17-22(18-30-25-15-16-31(19-25)26-13-14-26)20-34-28-8-4-6-23-5-2-3-7-27(23)28/h2-12,17,25-26,30H,13-16,18-20H2,1H3. The molecule has 1 aliphatic heterocycles. The second kappa shape index (κ2) is 10.4. The van der Waals surface area contributed by atoms with Crippen LogP contribution in [-0.2, 0) is 4.74 Å². The lowest BCUT2D eigenvalue weighted by Gasteiger charge is -2.18. The van der Waals surface area contributed by atoms with Crippen molar-refractivity contribution in [3.8, 4) is 5.75 Å². The first-order valence-corrected chi connectivity index (χ1v) is 12.2. The zero-order chi connectivity index (χ0) is 23.3. The van der Waals surface area contributed by atoms with E-state index >= 15 is 0 Å². The molecule has 1 saturated heterocycles. The van der Waals surface area contributed by atoms with Crippen molar-refractivity contribution >= 4 is 22.8 Å². The van der Waals surface area contributed by atoms with Gasteiger partial charge in [-0.3, -0.25) is 4.90 Å². The van der Waals surface area contributed by atoms with Crippen molar-refractivity contribution in [1.82, 2.24) is 10.2 Å². The Hall–Kier alpha value is -3.15. The highest BCUT2D eigenvalue weighted by atomic mass is 16.5. The van der Waals surface area contributed by atoms with Crippen LogP contribution in [0.2, 0.25) is 0 Å². The highest BCUT2D eigenvalue weighted by molar-refractivity contribution is 5.89. The monoisotopic (exact) mass is 456 g/mol. The number of hydrogen-bond donors (Lipinski definition) is 1. The molecule has 1 N–H and O–H groups in total. The summed E-state index contributed by atoms with van der Waals surface area (Å²) in [7, 11) is 1.40. The fourth-order valence-electron chi connectivity index (χ4n) is 4.71. The maximum Gasteiger partial charge on any atom is 0.337 e. The van der Waals surface area contributed by atoms with Crippen molar-refractivity contribution in [2.24, 2.45) is 0 Å². The first-order valence-electron chi connectivity index (χ1n) is 12.2. The Bertz CT molecular complexity index is 1160. The quantitative estimate of drug-likeness (QED) is 0.464. The summed E-state index contributed by atoms with van der Waals surface area (Å²) in [6.45, 7) is 3.60. The Morgan fingerprint density at radius 1 is 1.03 bits per heavy atom. The summed E-state index contributed by atoms with van der Waals surface area (Å²) in [5, 5.41) is 6.06. The highest BCUT2D eigenvalue weighted by Crippen LogP contribution is 2.30. The number of ether oxygens (including phenoxy) is 2. The molecule has 0 spiro atoms. The molecule has 1 atom stereocenters. The van der Waals surface area contributed by atoms with Crippen molar-refractivity contribution in [2.45, 2.75) is 31.3 Å². The molecule has 1 unspecified atom stereocenters. The molecule has 5 rings (SSSR count). The Labute approximate surface area is 201 Å². The smallest absolute Gasteiger partial charge is 0.337 e. The Kier molecular flexibility index (Phi) is 6.93. The fraction of sp³-hybridized carbons (Fsp3) is 0.345. The van der Waals surface area contributed by atoms with Crippen LogP contribution in [0.3, 0.4) is 0 Å². The molecule has 2 aliphatic rings. The predicted molar refractivity (Wildman–Crippen MR) is 136 cm³/mol. The van der Waals surface area contributed by atoms with E-state index in [0.717, 1.165) is 35.8 Å². The molecule has 1 heterocycles. The van der Waals surface area contributed by atoms with Crippen molar-refractivity contribution < 1.29 is 14.3 Å². The third-order valence-corrected chi connectivity index (χ3v) is 6.77. The van der Waals surface area contributed by atoms with E-state index in [0.29, 0.717) is 18.2 Å². The minimum atomic E-state index is -0.321. The van der Waals surface area contributed by atoms with E-state index in [9.17, 15) is 4.79 Å². The maximum absolute atomic E-state index is 11.8. The van der Waals surface area contributed by atoms with Crippen LogP contribution in [-0.4, -0.2) is 56.3 Å². The molecule has 1 aliphatic carbocycles. The van der Waals surface area contributed by atoms with Crippen LogP contribution in [0, 0.1) is 0 Å². The third kappa shape index (κ3) is 5.49. The van der Waals surface area contributed by atoms with Gasteiger partial charge in [0.25, 0.3) is 0 Å². The Morgan fingerprint density at radius 3 is 2.62 bits per heavy atom. The van der Waals surface area contributed by atoms with E-state index < -0.39 is 0 Å². The van der Waals surface area contributed by atoms with Gasteiger partial charge in [0, 0.05) is 37.1 Å². The second-order valence-corrected chi connectivity index (χ2v) is 9.27. The number of nitrogens with one attached hydrogen (secondary N) is 1. The second-order valence-electron chi connectivity index (χ2n) is 9.27. The largest absolute Gasteiger partial charge is 0.489 e. The van der Waals surface area contributed by atoms with Crippen LogP contribution in [0.4, 0.5) is 0 Å². The summed E-state index contributed by atoms with van der Waals surface area (Å²) in [5.74, 6) is 0.573. The number of rotatable bonds is 9. The van der Waals surface area contributed by atoms with Gasteiger partial charge in [-0.2, -0.15) is 0 Å². The number of nitrogens with zero attached hydrogens (tertiary/aromatic N) is 1. The molecule has 3 aromatic carbocycles. The molecule has 0 radical (unpaired) electrons. The van der Waals surface area contributed by atoms with Gasteiger partial charge in [-0.05, 0) is 54.0 Å². The summed E-state index contributed by atoms with van der Waals surface area (Å²) >= 11 is 0. The predicted octanol–water partition coefficient (Wildman–Crippen LogP) is 4.92. The van der Waals surface area contributed by atoms with Crippen LogP contribution >= 0.6 is 0 Å². The van der Waals surface area contributed by atoms with Gasteiger partial charge in [0.1, 0.15) is 12.4 Å². The van der Waals surface area contributed by atoms with Gasteiger partial charge in [0.05, 0.1) is 12.7 Å². The van der Waals surface area contributed by atoms with Crippen LogP contribution in [0.5, 0.6) is 5.75 Å². The van der Waals surface area contributed by atoms with Gasteiger partial charge in [-0.1, -0.05) is 54.6 Å². The lowest BCUT2D eigenvalue weighted by molar-refractivity contribution is 0.0600. The molecule has 0 bridgehead atoms. The molecule has 5 nitrogen and oxygen atoms in total. The number of esters is 1. The first-order chi connectivity index (χ1) is 16.7. The maximum atomic E-state index is 11.8. The van der Waals surface area contributed by atoms with Crippen LogP contribution in [0.25, 0.3) is 16.8 Å². The Morgan fingerprint density at radius 2 is 1.82 bits per heavy atom. The zero-order valence-electron chi connectivity index (χ0n) is 19.7. The van der Waals surface area contributed by atoms with E-state index in [1.54, 1.807) is 12.1 Å². The number of benzene rings is 3. The summed E-state index contributed by atoms with van der Waals surface area (Å²) in [6, 6.07) is 23.3. The molecule has 0 aromatic heterocycles. The molecule has 3 aromatic rings. The molecule has 176 valence electrons. The van der Waals surface area contributed by atoms with Gasteiger partial charge in [0.2, 0.25) is 0 Å². The van der Waals surface area contributed by atoms with Gasteiger partial charge in [0.15, 0.2) is 0 Å². The van der Waals surface area contributed by atoms with Crippen LogP contribution in [0.15, 0.2) is 72.3 Å². The third-order valence-electron chi connectivity index (χ3n) is 6.77. The summed E-state index contributed by atoms with van der Waals surface area (Å²) < 4.78 is 11.1. The number of carbonyl (C=O) groups excluding carboxylic acids is 1. The topological polar surface area (TPSA) is 50.8 Å². The van der Waals surface area contributed by atoms with Crippen molar-refractivity contribution in [2.75, 3.05) is 33.4 Å². The minimum absolute atomic E-state index is 0.321. The minimum Gasteiger partial charge on any atom is -0.489 e. The van der Waals surface area contributed by atoms with E-state index in [1.807, 2.05) is 36.4 Å². The van der Waals surface area contributed by atoms with E-state index in [4.69, 9.17) is 9.47 Å². The molecule has 2 fully saturated rings. The normalized spacial score (nSPS) is 18.9. The molecule has 34 heavy (non-hydrogen) atoms. The average Bonchev–Trinajstić information content (AvgIpc) is 3.63. The van der Waals surface area contributed by atoms with E-state index in [2.05, 4.69) is 34.5 Å².